The summed E-state index contributed by atoms with van der Waals surface area (Å²) in [7, 11) is 1.46. The molecular weight excluding hydrogens is 420 g/mol. The first-order chi connectivity index (χ1) is 13.7. The maximum Gasteiger partial charge on any atom is 0.320 e. The second-order valence-corrected chi connectivity index (χ2v) is 7.81. The van der Waals surface area contributed by atoms with Crippen LogP contribution in [0.3, 0.4) is 0 Å². The lowest BCUT2D eigenvalue weighted by Crippen LogP contribution is -2.37. The van der Waals surface area contributed by atoms with Crippen molar-refractivity contribution in [3.05, 3.63) is 57.3 Å². The van der Waals surface area contributed by atoms with Crippen molar-refractivity contribution in [2.45, 2.75) is 39.5 Å². The first-order valence-electron chi connectivity index (χ1n) is 9.11. The lowest BCUT2D eigenvalue weighted by Gasteiger charge is -2.18. The highest BCUT2D eigenvalue weighted by Gasteiger charge is 2.19. The van der Waals surface area contributed by atoms with Gasteiger partial charge in [0.05, 0.1) is 17.2 Å². The number of aliphatic carboxylic acids is 1. The van der Waals surface area contributed by atoms with E-state index >= 15 is 0 Å². The Morgan fingerprint density at radius 3 is 2.55 bits per heavy atom. The molecule has 0 aliphatic heterocycles. The molecule has 0 saturated heterocycles. The van der Waals surface area contributed by atoms with Crippen LogP contribution in [0.4, 0.5) is 4.39 Å². The van der Waals surface area contributed by atoms with E-state index in [0.29, 0.717) is 18.7 Å². The molecule has 0 spiro atoms. The zero-order valence-corrected chi connectivity index (χ0v) is 18.0. The Hall–Kier alpha value is -2.02. The Morgan fingerprint density at radius 2 is 1.97 bits per heavy atom. The van der Waals surface area contributed by atoms with Gasteiger partial charge in [-0.05, 0) is 42.2 Å². The molecule has 2 aromatic carbocycles. The van der Waals surface area contributed by atoms with E-state index in [2.05, 4.69) is 5.32 Å². The Balaban J connectivity index is 2.15. The molecule has 0 heterocycles. The first-order valence-corrected chi connectivity index (χ1v) is 9.86. The van der Waals surface area contributed by atoms with E-state index in [9.17, 15) is 14.3 Å². The van der Waals surface area contributed by atoms with Gasteiger partial charge in [0.2, 0.25) is 0 Å². The van der Waals surface area contributed by atoms with Gasteiger partial charge in [0.1, 0.15) is 18.5 Å². The first kappa shape index (κ1) is 23.3. The summed E-state index contributed by atoms with van der Waals surface area (Å²) in [6.45, 7) is 4.10. The maximum absolute atomic E-state index is 13.9. The van der Waals surface area contributed by atoms with Gasteiger partial charge in [-0.15, -0.1) is 0 Å². The van der Waals surface area contributed by atoms with Crippen LogP contribution in [0.15, 0.2) is 30.3 Å². The molecule has 29 heavy (non-hydrogen) atoms. The molecule has 0 fully saturated rings. The molecule has 8 heteroatoms. The highest BCUT2D eigenvalue weighted by Crippen LogP contribution is 2.37. The van der Waals surface area contributed by atoms with Crippen LogP contribution in [-0.2, 0) is 17.9 Å². The Kier molecular flexibility index (Phi) is 8.56. The van der Waals surface area contributed by atoms with Gasteiger partial charge in [0, 0.05) is 12.1 Å². The average molecular weight is 444 g/mol. The van der Waals surface area contributed by atoms with Crippen molar-refractivity contribution in [2.75, 3.05) is 7.11 Å². The molecule has 0 aliphatic rings. The van der Waals surface area contributed by atoms with Crippen LogP contribution in [0, 0.1) is 11.7 Å². The summed E-state index contributed by atoms with van der Waals surface area (Å²) in [6, 6.07) is 7.08. The number of halogens is 3. The molecule has 0 amide bonds. The summed E-state index contributed by atoms with van der Waals surface area (Å²) in [6.07, 6.45) is 0.505. The van der Waals surface area contributed by atoms with Crippen LogP contribution in [-0.4, -0.2) is 24.2 Å². The smallest absolute Gasteiger partial charge is 0.320 e. The van der Waals surface area contributed by atoms with Crippen LogP contribution in [0.1, 0.15) is 31.4 Å². The van der Waals surface area contributed by atoms with Gasteiger partial charge in [0.25, 0.3) is 0 Å². The SMILES string of the molecule is COc1cc(CNC(CC(C)C)C(=O)O)cc(Cl)c1OCc1c(F)cccc1Cl. The molecule has 0 aromatic heterocycles. The second kappa shape index (κ2) is 10.7. The molecule has 0 aliphatic carbocycles. The zero-order chi connectivity index (χ0) is 21.6. The van der Waals surface area contributed by atoms with E-state index in [-0.39, 0.29) is 33.9 Å². The van der Waals surface area contributed by atoms with E-state index < -0.39 is 17.8 Å². The minimum absolute atomic E-state index is 0.116. The molecule has 0 radical (unpaired) electrons. The van der Waals surface area contributed by atoms with E-state index in [1.165, 1.54) is 19.2 Å². The van der Waals surface area contributed by atoms with Crippen LogP contribution < -0.4 is 14.8 Å². The van der Waals surface area contributed by atoms with Crippen molar-refractivity contribution < 1.29 is 23.8 Å². The van der Waals surface area contributed by atoms with Crippen LogP contribution in [0.5, 0.6) is 11.5 Å². The number of rotatable bonds is 10. The molecule has 5 nitrogen and oxygen atoms in total. The Morgan fingerprint density at radius 1 is 1.24 bits per heavy atom. The summed E-state index contributed by atoms with van der Waals surface area (Å²) in [5, 5.41) is 12.9. The average Bonchev–Trinajstić information content (AvgIpc) is 2.65. The lowest BCUT2D eigenvalue weighted by molar-refractivity contribution is -0.140. The van der Waals surface area contributed by atoms with Crippen molar-refractivity contribution in [3.63, 3.8) is 0 Å². The number of ether oxygens (including phenoxy) is 2. The highest BCUT2D eigenvalue weighted by atomic mass is 35.5. The quantitative estimate of drug-likeness (QED) is 0.520. The molecule has 1 atom stereocenters. The molecule has 158 valence electrons. The van der Waals surface area contributed by atoms with Gasteiger partial charge in [0.15, 0.2) is 11.5 Å². The largest absolute Gasteiger partial charge is 0.493 e. The number of carboxylic acids is 1. The summed E-state index contributed by atoms with van der Waals surface area (Å²) in [5.74, 6) is -0.522. The summed E-state index contributed by atoms with van der Waals surface area (Å²) >= 11 is 12.4. The molecule has 2 rings (SSSR count). The number of carboxylic acid groups (broad SMARTS) is 1. The minimum atomic E-state index is -0.904. The van der Waals surface area contributed by atoms with Crippen LogP contribution >= 0.6 is 23.2 Å². The second-order valence-electron chi connectivity index (χ2n) is 7.00. The van der Waals surface area contributed by atoms with Crippen molar-refractivity contribution in [3.8, 4) is 11.5 Å². The number of hydrogen-bond donors (Lipinski definition) is 2. The fourth-order valence-corrected chi connectivity index (χ4v) is 3.32. The third-order valence-corrected chi connectivity index (χ3v) is 4.90. The third kappa shape index (κ3) is 6.49. The lowest BCUT2D eigenvalue weighted by atomic mass is 10.0. The van der Waals surface area contributed by atoms with Gasteiger partial charge in [-0.1, -0.05) is 43.1 Å². The standard InChI is InChI=1S/C21H24Cl2FNO4/c1-12(2)7-18(21(26)27)25-10-13-8-16(23)20(19(9-13)28-3)29-11-14-15(22)5-4-6-17(14)24/h4-6,8-9,12,18,25H,7,10-11H2,1-3H3,(H,26,27). The minimum Gasteiger partial charge on any atom is -0.493 e. The number of carbonyl (C=O) groups is 1. The van der Waals surface area contributed by atoms with Crippen molar-refractivity contribution in [1.29, 1.82) is 0 Å². The molecule has 1 unspecified atom stereocenters. The third-order valence-electron chi connectivity index (χ3n) is 4.27. The topological polar surface area (TPSA) is 67.8 Å². The van der Waals surface area contributed by atoms with Gasteiger partial charge in [-0.2, -0.15) is 0 Å². The number of benzene rings is 2. The van der Waals surface area contributed by atoms with E-state index in [1.54, 1.807) is 18.2 Å². The summed E-state index contributed by atoms with van der Waals surface area (Å²) in [4.78, 5) is 11.4. The molecule has 2 aromatic rings. The fourth-order valence-electron chi connectivity index (χ4n) is 2.81. The Bertz CT molecular complexity index is 841. The molecular formula is C21H24Cl2FNO4. The molecule has 0 saturated carbocycles. The van der Waals surface area contributed by atoms with Crippen molar-refractivity contribution in [1.82, 2.24) is 5.32 Å². The van der Waals surface area contributed by atoms with E-state index in [1.807, 2.05) is 13.8 Å². The Labute approximate surface area is 179 Å². The van der Waals surface area contributed by atoms with E-state index in [0.717, 1.165) is 5.56 Å². The van der Waals surface area contributed by atoms with Gasteiger partial charge in [-0.25, -0.2) is 4.39 Å². The van der Waals surface area contributed by atoms with Crippen LogP contribution in [0.2, 0.25) is 10.0 Å². The van der Waals surface area contributed by atoms with Crippen molar-refractivity contribution in [2.24, 2.45) is 5.92 Å². The van der Waals surface area contributed by atoms with Gasteiger partial charge < -0.3 is 19.9 Å². The molecule has 2 N–H and O–H groups in total. The zero-order valence-electron chi connectivity index (χ0n) is 16.5. The number of hydrogen-bond acceptors (Lipinski definition) is 4. The fraction of sp³-hybridized carbons (Fsp3) is 0.381. The molecule has 0 bridgehead atoms. The monoisotopic (exact) mass is 443 g/mol. The van der Waals surface area contributed by atoms with Gasteiger partial charge >= 0.3 is 5.97 Å². The van der Waals surface area contributed by atoms with E-state index in [4.69, 9.17) is 32.7 Å². The summed E-state index contributed by atoms with van der Waals surface area (Å²) in [5.41, 5.74) is 0.953. The normalized spacial score (nSPS) is 12.1. The van der Waals surface area contributed by atoms with Crippen molar-refractivity contribution >= 4 is 29.2 Å². The number of nitrogens with one attached hydrogen (secondary N) is 1. The maximum atomic E-state index is 13.9. The van der Waals surface area contributed by atoms with Crippen LogP contribution in [0.25, 0.3) is 0 Å². The van der Waals surface area contributed by atoms with Gasteiger partial charge in [-0.3, -0.25) is 4.79 Å². The number of methoxy groups -OCH3 is 1. The predicted molar refractivity (Wildman–Crippen MR) is 111 cm³/mol. The predicted octanol–water partition coefficient (Wildman–Crippen LogP) is 5.31. The summed E-state index contributed by atoms with van der Waals surface area (Å²) < 4.78 is 25.0. The highest BCUT2D eigenvalue weighted by molar-refractivity contribution is 6.32.